The van der Waals surface area contributed by atoms with Crippen LogP contribution in [0.1, 0.15) is 12.0 Å². The van der Waals surface area contributed by atoms with E-state index in [1.807, 2.05) is 36.4 Å². The molecule has 0 spiro atoms. The van der Waals surface area contributed by atoms with Gasteiger partial charge in [-0.15, -0.1) is 0 Å². The second-order valence-corrected chi connectivity index (χ2v) is 6.13. The number of anilines is 1. The van der Waals surface area contributed by atoms with Crippen molar-refractivity contribution >= 4 is 17.5 Å². The maximum Gasteiger partial charge on any atom is 0.227 e. The number of amides is 2. The highest BCUT2D eigenvalue weighted by atomic mass is 16.5. The molecular weight excluding hydrogens is 332 g/mol. The van der Waals surface area contributed by atoms with Crippen LogP contribution in [0.15, 0.2) is 48.5 Å². The molecule has 1 N–H and O–H groups in total. The van der Waals surface area contributed by atoms with Crippen LogP contribution in [0.3, 0.4) is 0 Å². The highest BCUT2D eigenvalue weighted by Gasteiger charge is 2.35. The lowest BCUT2D eigenvalue weighted by Gasteiger charge is -2.17. The number of hydrogen-bond donors (Lipinski definition) is 1. The molecule has 3 rings (SSSR count). The second-order valence-electron chi connectivity index (χ2n) is 6.13. The molecule has 2 amide bonds. The summed E-state index contributed by atoms with van der Waals surface area (Å²) in [6.07, 6.45) is 0.212. The molecule has 1 atom stereocenters. The van der Waals surface area contributed by atoms with Gasteiger partial charge in [-0.05, 0) is 30.3 Å². The third-order valence-corrected chi connectivity index (χ3v) is 4.53. The Labute approximate surface area is 152 Å². The molecule has 0 saturated carbocycles. The lowest BCUT2D eigenvalue weighted by molar-refractivity contribution is -0.126. The third kappa shape index (κ3) is 3.79. The first-order valence-corrected chi connectivity index (χ1v) is 8.46. The zero-order valence-corrected chi connectivity index (χ0v) is 14.9. The molecule has 136 valence electrons. The Balaban J connectivity index is 1.61. The summed E-state index contributed by atoms with van der Waals surface area (Å²) in [5, 5.41) is 2.91. The van der Waals surface area contributed by atoms with Crippen LogP contribution in [-0.4, -0.2) is 32.6 Å². The standard InChI is InChI=1S/C20H22N2O4/c1-25-17-9-7-16(8-10-17)22-13-15(11-19(22)23)20(24)21-12-14-5-3-4-6-18(14)26-2/h3-10,15H,11-13H2,1-2H3,(H,21,24). The molecule has 0 radical (unpaired) electrons. The van der Waals surface area contributed by atoms with E-state index in [1.165, 1.54) is 0 Å². The number of nitrogens with one attached hydrogen (secondary N) is 1. The fraction of sp³-hybridized carbons (Fsp3) is 0.300. The van der Waals surface area contributed by atoms with Gasteiger partial charge in [0, 0.05) is 30.8 Å². The number of ether oxygens (including phenoxy) is 2. The number of methoxy groups -OCH3 is 2. The van der Waals surface area contributed by atoms with Crippen molar-refractivity contribution in [3.8, 4) is 11.5 Å². The van der Waals surface area contributed by atoms with Crippen molar-refractivity contribution in [3.63, 3.8) is 0 Å². The summed E-state index contributed by atoms with van der Waals surface area (Å²) < 4.78 is 10.4. The molecule has 1 aliphatic rings. The Morgan fingerprint density at radius 2 is 1.85 bits per heavy atom. The molecule has 6 heteroatoms. The van der Waals surface area contributed by atoms with Crippen LogP contribution in [0.25, 0.3) is 0 Å². The predicted molar refractivity (Wildman–Crippen MR) is 98.3 cm³/mol. The van der Waals surface area contributed by atoms with Crippen molar-refractivity contribution in [3.05, 3.63) is 54.1 Å². The van der Waals surface area contributed by atoms with Gasteiger partial charge in [0.2, 0.25) is 11.8 Å². The minimum Gasteiger partial charge on any atom is -0.497 e. The Hall–Kier alpha value is -3.02. The molecule has 6 nitrogen and oxygen atoms in total. The smallest absolute Gasteiger partial charge is 0.227 e. The Morgan fingerprint density at radius 1 is 1.12 bits per heavy atom. The lowest BCUT2D eigenvalue weighted by atomic mass is 10.1. The normalized spacial score (nSPS) is 16.5. The van der Waals surface area contributed by atoms with Crippen LogP contribution < -0.4 is 19.7 Å². The van der Waals surface area contributed by atoms with Crippen molar-refractivity contribution in [1.82, 2.24) is 5.32 Å². The van der Waals surface area contributed by atoms with E-state index in [0.717, 1.165) is 22.7 Å². The van der Waals surface area contributed by atoms with Gasteiger partial charge in [0.15, 0.2) is 0 Å². The predicted octanol–water partition coefficient (Wildman–Crippen LogP) is 2.37. The number of benzene rings is 2. The highest BCUT2D eigenvalue weighted by Crippen LogP contribution is 2.27. The van der Waals surface area contributed by atoms with Crippen molar-refractivity contribution < 1.29 is 19.1 Å². The van der Waals surface area contributed by atoms with Gasteiger partial charge in [0.1, 0.15) is 11.5 Å². The fourth-order valence-electron chi connectivity index (χ4n) is 3.07. The topological polar surface area (TPSA) is 67.9 Å². The van der Waals surface area contributed by atoms with E-state index >= 15 is 0 Å². The molecule has 1 saturated heterocycles. The minimum atomic E-state index is -0.362. The van der Waals surface area contributed by atoms with E-state index in [1.54, 1.807) is 31.3 Å². The van der Waals surface area contributed by atoms with Crippen LogP contribution in [0, 0.1) is 5.92 Å². The quantitative estimate of drug-likeness (QED) is 0.865. The molecule has 0 bridgehead atoms. The molecule has 2 aromatic rings. The molecule has 2 aromatic carbocycles. The monoisotopic (exact) mass is 354 g/mol. The summed E-state index contributed by atoms with van der Waals surface area (Å²) in [7, 11) is 3.20. The Morgan fingerprint density at radius 3 is 2.54 bits per heavy atom. The molecule has 1 heterocycles. The first kappa shape index (κ1) is 17.8. The average molecular weight is 354 g/mol. The SMILES string of the molecule is COc1ccc(N2CC(C(=O)NCc3ccccc3OC)CC2=O)cc1. The van der Waals surface area contributed by atoms with Crippen molar-refractivity contribution in [1.29, 1.82) is 0 Å². The van der Waals surface area contributed by atoms with E-state index in [4.69, 9.17) is 9.47 Å². The largest absolute Gasteiger partial charge is 0.497 e. The third-order valence-electron chi connectivity index (χ3n) is 4.53. The van der Waals surface area contributed by atoms with E-state index < -0.39 is 0 Å². The molecule has 0 aliphatic carbocycles. The van der Waals surface area contributed by atoms with Crippen LogP contribution in [-0.2, 0) is 16.1 Å². The number of carbonyl (C=O) groups is 2. The van der Waals surface area contributed by atoms with Crippen LogP contribution in [0.2, 0.25) is 0 Å². The molecule has 1 aliphatic heterocycles. The first-order chi connectivity index (χ1) is 12.6. The van der Waals surface area contributed by atoms with Crippen LogP contribution >= 0.6 is 0 Å². The summed E-state index contributed by atoms with van der Waals surface area (Å²) >= 11 is 0. The zero-order valence-electron chi connectivity index (χ0n) is 14.9. The number of carbonyl (C=O) groups excluding carboxylic acids is 2. The molecule has 26 heavy (non-hydrogen) atoms. The van der Waals surface area contributed by atoms with Gasteiger partial charge < -0.3 is 19.7 Å². The van der Waals surface area contributed by atoms with Gasteiger partial charge in [-0.1, -0.05) is 18.2 Å². The molecule has 1 fully saturated rings. The van der Waals surface area contributed by atoms with Crippen molar-refractivity contribution in [2.24, 2.45) is 5.92 Å². The maximum atomic E-state index is 12.5. The van der Waals surface area contributed by atoms with E-state index in [0.29, 0.717) is 13.1 Å². The van der Waals surface area contributed by atoms with Crippen molar-refractivity contribution in [2.75, 3.05) is 25.7 Å². The molecular formula is C20H22N2O4. The van der Waals surface area contributed by atoms with Gasteiger partial charge in [-0.3, -0.25) is 9.59 Å². The van der Waals surface area contributed by atoms with Gasteiger partial charge in [0.05, 0.1) is 20.1 Å². The highest BCUT2D eigenvalue weighted by molar-refractivity contribution is 6.00. The summed E-state index contributed by atoms with van der Waals surface area (Å²) in [5.74, 6) is 0.925. The summed E-state index contributed by atoms with van der Waals surface area (Å²) in [5.41, 5.74) is 1.68. The summed E-state index contributed by atoms with van der Waals surface area (Å²) in [4.78, 5) is 26.4. The Kier molecular flexibility index (Phi) is 5.41. The van der Waals surface area contributed by atoms with Gasteiger partial charge in [0.25, 0.3) is 0 Å². The maximum absolute atomic E-state index is 12.5. The lowest BCUT2D eigenvalue weighted by Crippen LogP contribution is -2.32. The number of rotatable bonds is 6. The van der Waals surface area contributed by atoms with E-state index in [2.05, 4.69) is 5.32 Å². The fourth-order valence-corrected chi connectivity index (χ4v) is 3.07. The van der Waals surface area contributed by atoms with Crippen molar-refractivity contribution in [2.45, 2.75) is 13.0 Å². The number of hydrogen-bond acceptors (Lipinski definition) is 4. The second kappa shape index (κ2) is 7.91. The van der Waals surface area contributed by atoms with Crippen LogP contribution in [0.4, 0.5) is 5.69 Å². The van der Waals surface area contributed by atoms with Gasteiger partial charge in [-0.2, -0.15) is 0 Å². The van der Waals surface area contributed by atoms with Crippen LogP contribution in [0.5, 0.6) is 11.5 Å². The first-order valence-electron chi connectivity index (χ1n) is 8.46. The minimum absolute atomic E-state index is 0.0485. The van der Waals surface area contributed by atoms with Gasteiger partial charge >= 0.3 is 0 Å². The summed E-state index contributed by atoms with van der Waals surface area (Å²) in [6.45, 7) is 0.749. The van der Waals surface area contributed by atoms with E-state index in [9.17, 15) is 9.59 Å². The summed E-state index contributed by atoms with van der Waals surface area (Å²) in [6, 6.07) is 14.8. The molecule has 1 unspecified atom stereocenters. The van der Waals surface area contributed by atoms with E-state index in [-0.39, 0.29) is 24.2 Å². The Bertz CT molecular complexity index is 789. The molecule has 0 aromatic heterocycles. The number of nitrogens with zero attached hydrogens (tertiary/aromatic N) is 1. The number of para-hydroxylation sites is 1. The average Bonchev–Trinajstić information content (AvgIpc) is 3.08. The van der Waals surface area contributed by atoms with Gasteiger partial charge in [-0.25, -0.2) is 0 Å². The zero-order chi connectivity index (χ0) is 18.5.